The highest BCUT2D eigenvalue weighted by atomic mass is 35.5. The minimum Gasteiger partial charge on any atom is -0.388 e. The summed E-state index contributed by atoms with van der Waals surface area (Å²) in [4.78, 5) is 12.0. The molecule has 0 aromatic heterocycles. The van der Waals surface area contributed by atoms with Crippen molar-refractivity contribution in [3.05, 3.63) is 34.9 Å². The molecule has 1 rings (SSSR count). The van der Waals surface area contributed by atoms with E-state index >= 15 is 0 Å². The highest BCUT2D eigenvalue weighted by molar-refractivity contribution is 6.30. The molecule has 0 saturated carbocycles. The lowest BCUT2D eigenvalue weighted by Crippen LogP contribution is -2.57. The topological polar surface area (TPSA) is 49.3 Å². The summed E-state index contributed by atoms with van der Waals surface area (Å²) in [6.07, 6.45) is 0. The zero-order valence-electron chi connectivity index (χ0n) is 10.5. The Labute approximate surface area is 107 Å². The Morgan fingerprint density at radius 2 is 1.88 bits per heavy atom. The molecule has 0 spiro atoms. The van der Waals surface area contributed by atoms with Gasteiger partial charge in [-0.15, -0.1) is 0 Å². The molecule has 2 N–H and O–H groups in total. The molecule has 0 unspecified atom stereocenters. The average molecular weight is 256 g/mol. The van der Waals surface area contributed by atoms with E-state index in [1.54, 1.807) is 52.0 Å². The lowest BCUT2D eigenvalue weighted by molar-refractivity contribution is -0.00292. The summed E-state index contributed by atoms with van der Waals surface area (Å²) < 4.78 is 0. The van der Waals surface area contributed by atoms with E-state index in [1.165, 1.54) is 0 Å². The number of aliphatic hydroxyl groups is 1. The average Bonchev–Trinajstić information content (AvgIpc) is 2.15. The first-order valence-electron chi connectivity index (χ1n) is 5.44. The van der Waals surface area contributed by atoms with Crippen LogP contribution in [-0.2, 0) is 0 Å². The van der Waals surface area contributed by atoms with Crippen molar-refractivity contribution in [3.8, 4) is 0 Å². The zero-order valence-corrected chi connectivity index (χ0v) is 11.3. The normalized spacial score (nSPS) is 12.4. The number of benzene rings is 1. The molecule has 0 bridgehead atoms. The second-order valence-electron chi connectivity index (χ2n) is 5.15. The van der Waals surface area contributed by atoms with Crippen LogP contribution < -0.4 is 5.32 Å². The van der Waals surface area contributed by atoms with E-state index in [-0.39, 0.29) is 5.91 Å². The zero-order chi connectivity index (χ0) is 13.3. The van der Waals surface area contributed by atoms with Crippen molar-refractivity contribution in [2.24, 2.45) is 0 Å². The summed E-state index contributed by atoms with van der Waals surface area (Å²) in [5, 5.41) is 13.3. The Hall–Kier alpha value is -1.06. The maximum atomic E-state index is 12.0. The van der Waals surface area contributed by atoms with Crippen LogP contribution in [0, 0.1) is 0 Å². The minimum absolute atomic E-state index is 0.250. The largest absolute Gasteiger partial charge is 0.388 e. The van der Waals surface area contributed by atoms with Crippen LogP contribution in [0.1, 0.15) is 38.1 Å². The van der Waals surface area contributed by atoms with E-state index in [0.29, 0.717) is 10.6 Å². The molecule has 1 aromatic rings. The SMILES string of the molecule is CC(C)(O)C(C)(C)NC(=O)c1cccc(Cl)c1. The van der Waals surface area contributed by atoms with Gasteiger partial charge < -0.3 is 10.4 Å². The van der Waals surface area contributed by atoms with Gasteiger partial charge in [-0.05, 0) is 45.9 Å². The van der Waals surface area contributed by atoms with Gasteiger partial charge in [0.2, 0.25) is 0 Å². The van der Waals surface area contributed by atoms with Crippen molar-refractivity contribution >= 4 is 17.5 Å². The first-order chi connectivity index (χ1) is 7.63. The van der Waals surface area contributed by atoms with Gasteiger partial charge in [-0.25, -0.2) is 0 Å². The highest BCUT2D eigenvalue weighted by Gasteiger charge is 2.36. The van der Waals surface area contributed by atoms with Gasteiger partial charge in [0, 0.05) is 10.6 Å². The number of carbonyl (C=O) groups excluding carboxylic acids is 1. The van der Waals surface area contributed by atoms with Crippen LogP contribution in [0.3, 0.4) is 0 Å². The van der Waals surface area contributed by atoms with E-state index in [0.717, 1.165) is 0 Å². The Morgan fingerprint density at radius 3 is 2.35 bits per heavy atom. The monoisotopic (exact) mass is 255 g/mol. The number of amides is 1. The molecule has 0 heterocycles. The number of rotatable bonds is 3. The summed E-state index contributed by atoms with van der Waals surface area (Å²) in [5.41, 5.74) is -1.26. The van der Waals surface area contributed by atoms with E-state index in [1.807, 2.05) is 0 Å². The van der Waals surface area contributed by atoms with Crippen molar-refractivity contribution in [1.29, 1.82) is 0 Å². The Balaban J connectivity index is 2.87. The molecule has 17 heavy (non-hydrogen) atoms. The summed E-state index contributed by atoms with van der Waals surface area (Å²) >= 11 is 5.82. The van der Waals surface area contributed by atoms with Crippen LogP contribution in [0.4, 0.5) is 0 Å². The number of nitrogens with one attached hydrogen (secondary N) is 1. The highest BCUT2D eigenvalue weighted by Crippen LogP contribution is 2.21. The molecule has 4 heteroatoms. The third-order valence-electron chi connectivity index (χ3n) is 3.04. The molecule has 0 aliphatic heterocycles. The van der Waals surface area contributed by atoms with Gasteiger partial charge in [-0.2, -0.15) is 0 Å². The van der Waals surface area contributed by atoms with E-state index in [4.69, 9.17) is 11.6 Å². The quantitative estimate of drug-likeness (QED) is 0.872. The van der Waals surface area contributed by atoms with Gasteiger partial charge in [0.05, 0.1) is 11.1 Å². The first kappa shape index (κ1) is 14.0. The Bertz CT molecular complexity index is 422. The molecule has 1 aromatic carbocycles. The molecule has 0 atom stereocenters. The van der Waals surface area contributed by atoms with Gasteiger partial charge in [0.1, 0.15) is 0 Å². The number of hydrogen-bond donors (Lipinski definition) is 2. The van der Waals surface area contributed by atoms with Crippen LogP contribution >= 0.6 is 11.6 Å². The molecule has 1 amide bonds. The fraction of sp³-hybridized carbons (Fsp3) is 0.462. The molecule has 0 radical (unpaired) electrons. The summed E-state index contributed by atoms with van der Waals surface area (Å²) in [7, 11) is 0. The maximum Gasteiger partial charge on any atom is 0.251 e. The molecule has 94 valence electrons. The number of carbonyl (C=O) groups is 1. The lowest BCUT2D eigenvalue weighted by atomic mass is 9.86. The Kier molecular flexibility index (Phi) is 3.84. The molecule has 0 saturated heterocycles. The van der Waals surface area contributed by atoms with Gasteiger partial charge in [-0.1, -0.05) is 17.7 Å². The Morgan fingerprint density at radius 1 is 1.29 bits per heavy atom. The smallest absolute Gasteiger partial charge is 0.251 e. The van der Waals surface area contributed by atoms with Crippen molar-refractivity contribution < 1.29 is 9.90 Å². The van der Waals surface area contributed by atoms with Gasteiger partial charge in [0.25, 0.3) is 5.91 Å². The van der Waals surface area contributed by atoms with Crippen LogP contribution in [0.15, 0.2) is 24.3 Å². The van der Waals surface area contributed by atoms with Crippen LogP contribution in [0.25, 0.3) is 0 Å². The molecule has 0 aliphatic carbocycles. The van der Waals surface area contributed by atoms with Crippen molar-refractivity contribution in [3.63, 3.8) is 0 Å². The number of hydrogen-bond acceptors (Lipinski definition) is 2. The summed E-state index contributed by atoms with van der Waals surface area (Å²) in [5.74, 6) is -0.250. The van der Waals surface area contributed by atoms with Crippen molar-refractivity contribution in [2.45, 2.75) is 38.8 Å². The van der Waals surface area contributed by atoms with Gasteiger partial charge in [-0.3, -0.25) is 4.79 Å². The minimum atomic E-state index is -1.01. The lowest BCUT2D eigenvalue weighted by Gasteiger charge is -2.38. The number of halogens is 1. The third kappa shape index (κ3) is 3.45. The molecule has 0 aliphatic rings. The first-order valence-corrected chi connectivity index (χ1v) is 5.82. The van der Waals surface area contributed by atoms with Crippen LogP contribution in [0.5, 0.6) is 0 Å². The van der Waals surface area contributed by atoms with E-state index in [2.05, 4.69) is 5.32 Å². The van der Waals surface area contributed by atoms with Gasteiger partial charge >= 0.3 is 0 Å². The van der Waals surface area contributed by atoms with Gasteiger partial charge in [0.15, 0.2) is 0 Å². The second kappa shape index (κ2) is 4.67. The molecular formula is C13H18ClNO2. The van der Waals surface area contributed by atoms with Crippen LogP contribution in [-0.4, -0.2) is 22.2 Å². The predicted molar refractivity (Wildman–Crippen MR) is 69.3 cm³/mol. The molecule has 0 fully saturated rings. The maximum absolute atomic E-state index is 12.0. The second-order valence-corrected chi connectivity index (χ2v) is 5.58. The molecular weight excluding hydrogens is 238 g/mol. The summed E-state index contributed by atoms with van der Waals surface area (Å²) in [6.45, 7) is 6.86. The predicted octanol–water partition coefficient (Wildman–Crippen LogP) is 2.62. The fourth-order valence-corrected chi connectivity index (χ4v) is 1.33. The summed E-state index contributed by atoms with van der Waals surface area (Å²) in [6, 6.07) is 6.70. The molecule has 3 nitrogen and oxygen atoms in total. The van der Waals surface area contributed by atoms with E-state index in [9.17, 15) is 9.90 Å². The van der Waals surface area contributed by atoms with Crippen molar-refractivity contribution in [2.75, 3.05) is 0 Å². The van der Waals surface area contributed by atoms with Crippen LogP contribution in [0.2, 0.25) is 5.02 Å². The van der Waals surface area contributed by atoms with E-state index < -0.39 is 11.1 Å². The fourth-order valence-electron chi connectivity index (χ4n) is 1.14. The van der Waals surface area contributed by atoms with Crippen molar-refractivity contribution in [1.82, 2.24) is 5.32 Å². The standard InChI is InChI=1S/C13H18ClNO2/c1-12(2,13(3,4)17)15-11(16)9-6-5-7-10(14)8-9/h5-8,17H,1-4H3,(H,15,16). The third-order valence-corrected chi connectivity index (χ3v) is 3.28.